The number of aromatic nitrogens is 2. The number of hydrogen-bond donors (Lipinski definition) is 0. The second-order valence-electron chi connectivity index (χ2n) is 4.02. The van der Waals surface area contributed by atoms with Crippen molar-refractivity contribution >= 4 is 5.65 Å². The summed E-state index contributed by atoms with van der Waals surface area (Å²) in [6.07, 6.45) is -1.40. The van der Waals surface area contributed by atoms with Crippen molar-refractivity contribution in [3.8, 4) is 6.07 Å². The van der Waals surface area contributed by atoms with Gasteiger partial charge in [-0.1, -0.05) is 0 Å². The minimum Gasteiger partial charge on any atom is -0.306 e. The first-order chi connectivity index (χ1) is 8.41. The molecule has 2 aromatic rings. The van der Waals surface area contributed by atoms with Crippen LogP contribution in [0, 0.1) is 18.3 Å². The summed E-state index contributed by atoms with van der Waals surface area (Å²) in [5.41, 5.74) is 0.850. The van der Waals surface area contributed by atoms with Gasteiger partial charge >= 0.3 is 6.18 Å². The first kappa shape index (κ1) is 12.4. The molecule has 0 unspecified atom stereocenters. The summed E-state index contributed by atoms with van der Waals surface area (Å²) in [4.78, 5) is 4.18. The van der Waals surface area contributed by atoms with Crippen LogP contribution >= 0.6 is 0 Å². The maximum atomic E-state index is 12.7. The molecule has 0 aliphatic heterocycles. The Morgan fingerprint density at radius 2 is 2.11 bits per heavy atom. The number of hydrogen-bond acceptors (Lipinski definition) is 2. The molecular weight excluding hydrogens is 243 g/mol. The molecule has 2 rings (SSSR count). The summed E-state index contributed by atoms with van der Waals surface area (Å²) >= 11 is 0. The van der Waals surface area contributed by atoms with E-state index in [-0.39, 0.29) is 12.8 Å². The molecule has 0 atom stereocenters. The number of fused-ring (bicyclic) bond motifs is 1. The van der Waals surface area contributed by atoms with E-state index in [0.717, 1.165) is 12.3 Å². The monoisotopic (exact) mass is 253 g/mol. The van der Waals surface area contributed by atoms with E-state index in [4.69, 9.17) is 5.26 Å². The maximum absolute atomic E-state index is 12.7. The average Bonchev–Trinajstić information content (AvgIpc) is 2.64. The average molecular weight is 253 g/mol. The van der Waals surface area contributed by atoms with Crippen molar-refractivity contribution in [2.45, 2.75) is 25.9 Å². The molecule has 0 bridgehead atoms. The Hall–Kier alpha value is -2.03. The summed E-state index contributed by atoms with van der Waals surface area (Å²) < 4.78 is 39.5. The van der Waals surface area contributed by atoms with Gasteiger partial charge in [0.15, 0.2) is 0 Å². The van der Waals surface area contributed by atoms with Crippen molar-refractivity contribution in [1.29, 1.82) is 5.26 Å². The van der Waals surface area contributed by atoms with E-state index in [1.165, 1.54) is 4.40 Å². The lowest BCUT2D eigenvalue weighted by molar-refractivity contribution is -0.137. The van der Waals surface area contributed by atoms with Crippen LogP contribution in [-0.4, -0.2) is 9.38 Å². The Morgan fingerprint density at radius 1 is 1.39 bits per heavy atom. The molecule has 3 nitrogen and oxygen atoms in total. The van der Waals surface area contributed by atoms with E-state index >= 15 is 0 Å². The first-order valence-electron chi connectivity index (χ1n) is 5.34. The molecule has 0 amide bonds. The maximum Gasteiger partial charge on any atom is 0.417 e. The summed E-state index contributed by atoms with van der Waals surface area (Å²) in [6, 6.07) is 3.00. The quantitative estimate of drug-likeness (QED) is 0.825. The van der Waals surface area contributed by atoms with Crippen LogP contribution in [0.15, 0.2) is 18.5 Å². The minimum absolute atomic E-state index is 0.170. The fraction of sp³-hybridized carbons (Fsp3) is 0.333. The number of imidazole rings is 1. The van der Waals surface area contributed by atoms with Gasteiger partial charge in [-0.25, -0.2) is 4.98 Å². The highest BCUT2D eigenvalue weighted by Crippen LogP contribution is 2.31. The zero-order chi connectivity index (χ0) is 13.3. The molecule has 0 saturated heterocycles. The van der Waals surface area contributed by atoms with E-state index < -0.39 is 11.7 Å². The first-order valence-corrected chi connectivity index (χ1v) is 5.34. The van der Waals surface area contributed by atoms with Crippen molar-refractivity contribution in [1.82, 2.24) is 9.38 Å². The summed E-state index contributed by atoms with van der Waals surface area (Å²) in [6.45, 7) is 1.72. The number of pyridine rings is 1. The fourth-order valence-corrected chi connectivity index (χ4v) is 1.82. The number of halogens is 3. The van der Waals surface area contributed by atoms with Crippen LogP contribution in [0.25, 0.3) is 5.65 Å². The summed E-state index contributed by atoms with van der Waals surface area (Å²) in [7, 11) is 0. The molecule has 2 heterocycles. The van der Waals surface area contributed by atoms with Gasteiger partial charge in [-0.3, -0.25) is 0 Å². The minimum atomic E-state index is -4.40. The predicted octanol–water partition coefficient (Wildman–Crippen LogP) is 3.12. The highest BCUT2D eigenvalue weighted by atomic mass is 19.4. The van der Waals surface area contributed by atoms with Crippen LogP contribution in [0.2, 0.25) is 0 Å². The zero-order valence-electron chi connectivity index (χ0n) is 9.62. The van der Waals surface area contributed by atoms with Crippen LogP contribution in [0.4, 0.5) is 13.2 Å². The molecular formula is C12H10F3N3. The molecule has 0 radical (unpaired) electrons. The van der Waals surface area contributed by atoms with Crippen LogP contribution in [0.1, 0.15) is 23.2 Å². The van der Waals surface area contributed by atoms with Gasteiger partial charge in [0.2, 0.25) is 0 Å². The number of aryl methyl sites for hydroxylation is 2. The van der Waals surface area contributed by atoms with Crippen molar-refractivity contribution in [3.63, 3.8) is 0 Å². The normalized spacial score (nSPS) is 11.7. The Bertz CT molecular complexity index is 620. The van der Waals surface area contributed by atoms with Crippen molar-refractivity contribution in [2.24, 2.45) is 0 Å². The summed E-state index contributed by atoms with van der Waals surface area (Å²) in [5.74, 6) is 0. The van der Waals surface area contributed by atoms with E-state index in [9.17, 15) is 13.2 Å². The predicted molar refractivity (Wildman–Crippen MR) is 58.9 cm³/mol. The Balaban J connectivity index is 2.61. The molecule has 0 saturated carbocycles. The van der Waals surface area contributed by atoms with E-state index in [1.54, 1.807) is 13.1 Å². The molecule has 18 heavy (non-hydrogen) atoms. The Kier molecular flexibility index (Phi) is 2.99. The largest absolute Gasteiger partial charge is 0.417 e. The SMILES string of the molecule is Cc1cn2cc(C(F)(F)F)cc(CCC#N)c2n1. The number of alkyl halides is 3. The lowest BCUT2D eigenvalue weighted by Crippen LogP contribution is -2.08. The highest BCUT2D eigenvalue weighted by Gasteiger charge is 2.31. The molecule has 0 spiro atoms. The lowest BCUT2D eigenvalue weighted by Gasteiger charge is -2.10. The second kappa shape index (κ2) is 4.33. The van der Waals surface area contributed by atoms with Gasteiger partial charge in [0.05, 0.1) is 17.3 Å². The van der Waals surface area contributed by atoms with Gasteiger partial charge in [-0.2, -0.15) is 18.4 Å². The molecule has 94 valence electrons. The summed E-state index contributed by atoms with van der Waals surface area (Å²) in [5, 5.41) is 8.53. The molecule has 0 fully saturated rings. The standard InChI is InChI=1S/C12H10F3N3/c1-8-6-18-7-10(12(13,14)15)5-9(3-2-4-16)11(18)17-8/h5-7H,2-3H2,1H3. The van der Waals surface area contributed by atoms with E-state index in [1.807, 2.05) is 6.07 Å². The van der Waals surface area contributed by atoms with Crippen molar-refractivity contribution in [3.05, 3.63) is 35.3 Å². The van der Waals surface area contributed by atoms with Crippen LogP contribution in [-0.2, 0) is 12.6 Å². The Labute approximate surface area is 101 Å². The third kappa shape index (κ3) is 2.30. The van der Waals surface area contributed by atoms with Crippen molar-refractivity contribution in [2.75, 3.05) is 0 Å². The zero-order valence-corrected chi connectivity index (χ0v) is 9.62. The molecule has 0 aliphatic rings. The number of nitrogens with zero attached hydrogens (tertiary/aromatic N) is 3. The third-order valence-electron chi connectivity index (χ3n) is 2.58. The van der Waals surface area contributed by atoms with Gasteiger partial charge in [0.25, 0.3) is 0 Å². The number of rotatable bonds is 2. The van der Waals surface area contributed by atoms with Gasteiger partial charge in [0, 0.05) is 18.8 Å². The molecule has 0 aliphatic carbocycles. The molecule has 2 aromatic heterocycles. The van der Waals surface area contributed by atoms with Crippen LogP contribution < -0.4 is 0 Å². The van der Waals surface area contributed by atoms with Gasteiger partial charge in [0.1, 0.15) is 5.65 Å². The van der Waals surface area contributed by atoms with Crippen LogP contribution in [0.5, 0.6) is 0 Å². The molecule has 0 N–H and O–H groups in total. The Morgan fingerprint density at radius 3 is 2.72 bits per heavy atom. The lowest BCUT2D eigenvalue weighted by atomic mass is 10.1. The smallest absolute Gasteiger partial charge is 0.306 e. The molecule has 6 heteroatoms. The number of nitriles is 1. The topological polar surface area (TPSA) is 41.1 Å². The highest BCUT2D eigenvalue weighted by molar-refractivity contribution is 5.51. The van der Waals surface area contributed by atoms with Crippen LogP contribution in [0.3, 0.4) is 0 Å². The second-order valence-corrected chi connectivity index (χ2v) is 4.02. The van der Waals surface area contributed by atoms with Gasteiger partial charge < -0.3 is 4.40 Å². The molecule has 0 aromatic carbocycles. The van der Waals surface area contributed by atoms with E-state index in [0.29, 0.717) is 16.9 Å². The fourth-order valence-electron chi connectivity index (χ4n) is 1.82. The third-order valence-corrected chi connectivity index (χ3v) is 2.58. The van der Waals surface area contributed by atoms with Gasteiger partial charge in [-0.05, 0) is 25.0 Å². The van der Waals surface area contributed by atoms with Gasteiger partial charge in [-0.15, -0.1) is 0 Å². The van der Waals surface area contributed by atoms with E-state index in [2.05, 4.69) is 4.98 Å². The van der Waals surface area contributed by atoms with Crippen molar-refractivity contribution < 1.29 is 13.2 Å².